The summed E-state index contributed by atoms with van der Waals surface area (Å²) < 4.78 is 34.3. The molecule has 2 heterocycles. The van der Waals surface area contributed by atoms with Gasteiger partial charge >= 0.3 is 0 Å². The zero-order valence-electron chi connectivity index (χ0n) is 14.6. The second-order valence-electron chi connectivity index (χ2n) is 5.57. The van der Waals surface area contributed by atoms with E-state index in [-0.39, 0.29) is 23.4 Å². The van der Waals surface area contributed by atoms with Crippen molar-refractivity contribution in [2.75, 3.05) is 19.5 Å². The number of nitrogens with one attached hydrogen (secondary N) is 1. The molecule has 3 N–H and O–H groups in total. The summed E-state index contributed by atoms with van der Waals surface area (Å²) in [5, 5.41) is 2.81. The lowest BCUT2D eigenvalue weighted by Gasteiger charge is -2.16. The Hall–Kier alpha value is -2.97. The van der Waals surface area contributed by atoms with Gasteiger partial charge in [0.2, 0.25) is 11.8 Å². The Kier molecular flexibility index (Phi) is 6.26. The molecule has 2 aromatic rings. The van der Waals surface area contributed by atoms with Crippen molar-refractivity contribution in [1.29, 1.82) is 0 Å². The van der Waals surface area contributed by atoms with Gasteiger partial charge in [0.05, 0.1) is 13.2 Å². The molecule has 2 rings (SSSR count). The number of halogens is 2. The summed E-state index contributed by atoms with van der Waals surface area (Å²) in [6.07, 6.45) is -2.62. The van der Waals surface area contributed by atoms with Crippen LogP contribution in [0.15, 0.2) is 24.3 Å². The number of hydrogen-bond acceptors (Lipinski definition) is 6. The Balaban J connectivity index is 2.15. The maximum Gasteiger partial charge on any atom is 0.272 e. The third-order valence-corrected chi connectivity index (χ3v) is 3.47. The zero-order chi connectivity index (χ0) is 19.3. The van der Waals surface area contributed by atoms with Gasteiger partial charge < -0.3 is 20.5 Å². The molecule has 0 aromatic carbocycles. The Labute approximate surface area is 149 Å². The summed E-state index contributed by atoms with van der Waals surface area (Å²) in [6, 6.07) is 5.89. The van der Waals surface area contributed by atoms with Crippen LogP contribution >= 0.6 is 0 Å². The summed E-state index contributed by atoms with van der Waals surface area (Å²) in [5.74, 6) is -0.146. The summed E-state index contributed by atoms with van der Waals surface area (Å²) >= 11 is 0. The number of aryl methyl sites for hydroxylation is 1. The number of hydrogen-bond donors (Lipinski definition) is 2. The Morgan fingerprint density at radius 3 is 2.65 bits per heavy atom. The lowest BCUT2D eigenvalue weighted by molar-refractivity contribution is 0.0790. The molecule has 0 aliphatic heterocycles. The van der Waals surface area contributed by atoms with Crippen molar-refractivity contribution >= 4 is 11.7 Å². The van der Waals surface area contributed by atoms with Crippen LogP contribution < -0.4 is 20.5 Å². The fourth-order valence-corrected chi connectivity index (χ4v) is 2.31. The highest BCUT2D eigenvalue weighted by molar-refractivity contribution is 5.96. The van der Waals surface area contributed by atoms with Crippen LogP contribution in [0.5, 0.6) is 11.8 Å². The maximum atomic E-state index is 12.5. The van der Waals surface area contributed by atoms with E-state index in [1.54, 1.807) is 19.9 Å². The first kappa shape index (κ1) is 19.4. The van der Waals surface area contributed by atoms with Gasteiger partial charge in [0, 0.05) is 11.8 Å². The molecular weight excluding hydrogens is 346 g/mol. The number of pyridine rings is 2. The van der Waals surface area contributed by atoms with Crippen molar-refractivity contribution in [3.63, 3.8) is 0 Å². The van der Waals surface area contributed by atoms with E-state index in [9.17, 15) is 13.6 Å². The topological polar surface area (TPSA) is 99.4 Å². The van der Waals surface area contributed by atoms with Crippen LogP contribution in [0.25, 0.3) is 0 Å². The van der Waals surface area contributed by atoms with Crippen LogP contribution in [0.3, 0.4) is 0 Å². The minimum absolute atomic E-state index is 0.0214. The van der Waals surface area contributed by atoms with E-state index in [1.807, 2.05) is 6.07 Å². The van der Waals surface area contributed by atoms with Crippen LogP contribution in [-0.2, 0) is 0 Å². The van der Waals surface area contributed by atoms with Gasteiger partial charge in [0.15, 0.2) is 6.61 Å². The molecule has 1 amide bonds. The van der Waals surface area contributed by atoms with Crippen molar-refractivity contribution in [2.45, 2.75) is 26.3 Å². The molecule has 0 aliphatic rings. The van der Waals surface area contributed by atoms with Crippen molar-refractivity contribution in [3.8, 4) is 11.8 Å². The summed E-state index contributed by atoms with van der Waals surface area (Å²) in [5.41, 5.74) is 7.42. The number of nitrogens with zero attached hydrogens (tertiary/aromatic N) is 2. The second-order valence-corrected chi connectivity index (χ2v) is 5.57. The zero-order valence-corrected chi connectivity index (χ0v) is 14.6. The van der Waals surface area contributed by atoms with E-state index in [1.165, 1.54) is 19.2 Å². The standard InChI is InChI=1S/C17H20F2N4O3/c1-9-6-11(7-14(20)21-9)10(2)22-16(24)12-4-5-15(23-17(12)25-3)26-8-13(18)19/h4-7,10,13H,8H2,1-3H3,(H2,20,21)(H,22,24). The molecule has 0 aliphatic carbocycles. The van der Waals surface area contributed by atoms with E-state index in [2.05, 4.69) is 15.3 Å². The van der Waals surface area contributed by atoms with Crippen LogP contribution in [-0.4, -0.2) is 36.0 Å². The van der Waals surface area contributed by atoms with E-state index in [0.29, 0.717) is 5.82 Å². The first-order valence-electron chi connectivity index (χ1n) is 7.81. The summed E-state index contributed by atoms with van der Waals surface area (Å²) in [6.45, 7) is 2.81. The molecule has 9 heteroatoms. The molecule has 0 saturated carbocycles. The van der Waals surface area contributed by atoms with Crippen LogP contribution in [0, 0.1) is 6.92 Å². The van der Waals surface area contributed by atoms with E-state index in [0.717, 1.165) is 11.3 Å². The van der Waals surface area contributed by atoms with E-state index < -0.39 is 18.9 Å². The monoisotopic (exact) mass is 366 g/mol. The Morgan fingerprint density at radius 2 is 2.04 bits per heavy atom. The molecule has 0 spiro atoms. The van der Waals surface area contributed by atoms with Crippen LogP contribution in [0.1, 0.15) is 34.6 Å². The molecule has 0 bridgehead atoms. The smallest absolute Gasteiger partial charge is 0.272 e. The van der Waals surface area contributed by atoms with Crippen molar-refractivity contribution in [3.05, 3.63) is 41.1 Å². The van der Waals surface area contributed by atoms with Gasteiger partial charge in [0.25, 0.3) is 12.3 Å². The van der Waals surface area contributed by atoms with Gasteiger partial charge in [-0.05, 0) is 37.6 Å². The third kappa shape index (κ3) is 5.01. The summed E-state index contributed by atoms with van der Waals surface area (Å²) in [7, 11) is 1.33. The van der Waals surface area contributed by atoms with Crippen LogP contribution in [0.2, 0.25) is 0 Å². The number of methoxy groups -OCH3 is 1. The average molecular weight is 366 g/mol. The van der Waals surface area contributed by atoms with Crippen molar-refractivity contribution in [2.24, 2.45) is 0 Å². The minimum atomic E-state index is -2.62. The number of amides is 1. The fraction of sp³-hybridized carbons (Fsp3) is 0.353. The van der Waals surface area contributed by atoms with Gasteiger partial charge in [-0.15, -0.1) is 0 Å². The van der Waals surface area contributed by atoms with Gasteiger partial charge in [-0.3, -0.25) is 4.79 Å². The predicted molar refractivity (Wildman–Crippen MR) is 91.6 cm³/mol. The van der Waals surface area contributed by atoms with Gasteiger partial charge in [-0.1, -0.05) is 0 Å². The number of carbonyl (C=O) groups is 1. The molecule has 7 nitrogen and oxygen atoms in total. The number of alkyl halides is 2. The lowest BCUT2D eigenvalue weighted by Crippen LogP contribution is -2.27. The fourth-order valence-electron chi connectivity index (χ4n) is 2.31. The highest BCUT2D eigenvalue weighted by Crippen LogP contribution is 2.22. The SMILES string of the molecule is COc1nc(OCC(F)F)ccc1C(=O)NC(C)c1cc(C)nc(N)c1. The largest absolute Gasteiger partial charge is 0.480 e. The number of carbonyl (C=O) groups excluding carboxylic acids is 1. The second kappa shape index (κ2) is 8.41. The molecule has 26 heavy (non-hydrogen) atoms. The minimum Gasteiger partial charge on any atom is -0.480 e. The Morgan fingerprint density at radius 1 is 1.31 bits per heavy atom. The highest BCUT2D eigenvalue weighted by Gasteiger charge is 2.18. The number of rotatable bonds is 7. The number of anilines is 1. The molecule has 140 valence electrons. The van der Waals surface area contributed by atoms with E-state index >= 15 is 0 Å². The number of nitrogens with two attached hydrogens (primary N) is 1. The first-order valence-corrected chi connectivity index (χ1v) is 7.81. The summed E-state index contributed by atoms with van der Waals surface area (Å²) in [4.78, 5) is 20.5. The highest BCUT2D eigenvalue weighted by atomic mass is 19.3. The molecule has 0 radical (unpaired) electrons. The molecule has 1 atom stereocenters. The number of ether oxygens (including phenoxy) is 2. The van der Waals surface area contributed by atoms with Gasteiger partial charge in [-0.25, -0.2) is 13.8 Å². The normalized spacial score (nSPS) is 11.9. The first-order chi connectivity index (χ1) is 12.3. The number of aromatic nitrogens is 2. The van der Waals surface area contributed by atoms with Gasteiger partial charge in [0.1, 0.15) is 11.4 Å². The quantitative estimate of drug-likeness (QED) is 0.781. The van der Waals surface area contributed by atoms with Crippen molar-refractivity contribution < 1.29 is 23.0 Å². The molecule has 0 saturated heterocycles. The lowest BCUT2D eigenvalue weighted by atomic mass is 10.1. The van der Waals surface area contributed by atoms with E-state index in [4.69, 9.17) is 15.2 Å². The van der Waals surface area contributed by atoms with Gasteiger partial charge in [-0.2, -0.15) is 4.98 Å². The van der Waals surface area contributed by atoms with Crippen molar-refractivity contribution in [1.82, 2.24) is 15.3 Å². The molecular formula is C17H20F2N4O3. The van der Waals surface area contributed by atoms with Crippen LogP contribution in [0.4, 0.5) is 14.6 Å². The molecule has 1 unspecified atom stereocenters. The average Bonchev–Trinajstić information content (AvgIpc) is 2.58. The Bertz CT molecular complexity index is 766. The predicted octanol–water partition coefficient (Wildman–Crippen LogP) is 2.51. The number of nitrogen functional groups attached to an aromatic ring is 1. The maximum absolute atomic E-state index is 12.5. The molecule has 0 fully saturated rings. The third-order valence-electron chi connectivity index (χ3n) is 3.47. The molecule has 2 aromatic heterocycles.